The predicted molar refractivity (Wildman–Crippen MR) is 63.6 cm³/mol. The average Bonchev–Trinajstić information content (AvgIpc) is 2.66. The van der Waals surface area contributed by atoms with Crippen LogP contribution in [-0.2, 0) is 11.8 Å². The number of hydrogen-bond acceptors (Lipinski definition) is 6. The van der Waals surface area contributed by atoms with Crippen molar-refractivity contribution in [2.24, 2.45) is 7.05 Å². The Morgan fingerprint density at radius 1 is 1.67 bits per heavy atom. The van der Waals surface area contributed by atoms with E-state index in [0.717, 1.165) is 0 Å². The summed E-state index contributed by atoms with van der Waals surface area (Å²) in [5.41, 5.74) is 0. The van der Waals surface area contributed by atoms with E-state index in [1.165, 1.54) is 0 Å². The van der Waals surface area contributed by atoms with Gasteiger partial charge in [-0.1, -0.05) is 0 Å². The third kappa shape index (κ3) is 2.16. The first-order chi connectivity index (χ1) is 8.54. The molecule has 0 aromatic carbocycles. The molecular weight excluding hydrogens is 240 g/mol. The summed E-state index contributed by atoms with van der Waals surface area (Å²) in [7, 11) is 1.74. The second-order valence-corrected chi connectivity index (χ2v) is 4.24. The van der Waals surface area contributed by atoms with Crippen LogP contribution in [0.15, 0.2) is 0 Å². The van der Waals surface area contributed by atoms with E-state index >= 15 is 0 Å². The number of aromatic nitrogens is 2. The van der Waals surface area contributed by atoms with Crippen molar-refractivity contribution in [2.45, 2.75) is 13.0 Å². The van der Waals surface area contributed by atoms with E-state index in [1.807, 2.05) is 4.90 Å². The summed E-state index contributed by atoms with van der Waals surface area (Å²) >= 11 is 0. The van der Waals surface area contributed by atoms with Crippen molar-refractivity contribution in [3.05, 3.63) is 15.9 Å². The molecule has 1 aromatic rings. The summed E-state index contributed by atoms with van der Waals surface area (Å²) in [5.74, 6) is 0.914. The third-order valence-corrected chi connectivity index (χ3v) is 3.09. The van der Waals surface area contributed by atoms with Gasteiger partial charge in [-0.15, -0.1) is 0 Å². The standard InChI is InChI=1S/C10H16N4O4/c1-7-11-9(14(16)17)10(12(7)2)13-3-4-18-8(5-13)6-15/h8,15H,3-6H2,1-2H3. The lowest BCUT2D eigenvalue weighted by Gasteiger charge is -2.32. The lowest BCUT2D eigenvalue weighted by atomic mass is 10.3. The fourth-order valence-electron chi connectivity index (χ4n) is 2.08. The zero-order valence-electron chi connectivity index (χ0n) is 10.4. The second-order valence-electron chi connectivity index (χ2n) is 4.24. The lowest BCUT2D eigenvalue weighted by molar-refractivity contribution is -0.388. The molecule has 0 spiro atoms. The van der Waals surface area contributed by atoms with Crippen LogP contribution in [0.5, 0.6) is 0 Å². The molecule has 8 heteroatoms. The topological polar surface area (TPSA) is 93.7 Å². The van der Waals surface area contributed by atoms with Gasteiger partial charge in [0.1, 0.15) is 0 Å². The molecule has 1 N–H and O–H groups in total. The van der Waals surface area contributed by atoms with E-state index in [9.17, 15) is 10.1 Å². The Balaban J connectivity index is 2.34. The predicted octanol–water partition coefficient (Wildman–Crippen LogP) is -0.166. The molecule has 1 fully saturated rings. The maximum absolute atomic E-state index is 11.0. The van der Waals surface area contributed by atoms with Gasteiger partial charge in [0.25, 0.3) is 0 Å². The lowest BCUT2D eigenvalue weighted by Crippen LogP contribution is -2.45. The van der Waals surface area contributed by atoms with E-state index < -0.39 is 4.92 Å². The van der Waals surface area contributed by atoms with Gasteiger partial charge in [-0.05, 0) is 9.91 Å². The molecule has 1 aromatic heterocycles. The smallest absolute Gasteiger partial charge is 0.394 e. The number of nitro groups is 1. The first-order valence-electron chi connectivity index (χ1n) is 5.69. The van der Waals surface area contributed by atoms with E-state index in [4.69, 9.17) is 9.84 Å². The molecule has 2 rings (SSSR count). The highest BCUT2D eigenvalue weighted by Crippen LogP contribution is 2.29. The first-order valence-corrected chi connectivity index (χ1v) is 5.69. The molecule has 0 radical (unpaired) electrons. The number of anilines is 1. The van der Waals surface area contributed by atoms with Crippen molar-refractivity contribution >= 4 is 11.6 Å². The van der Waals surface area contributed by atoms with Crippen LogP contribution in [0.2, 0.25) is 0 Å². The summed E-state index contributed by atoms with van der Waals surface area (Å²) < 4.78 is 7.03. The van der Waals surface area contributed by atoms with Crippen molar-refractivity contribution in [3.8, 4) is 0 Å². The monoisotopic (exact) mass is 256 g/mol. The molecule has 8 nitrogen and oxygen atoms in total. The number of rotatable bonds is 3. The van der Waals surface area contributed by atoms with Crippen molar-refractivity contribution < 1.29 is 14.8 Å². The molecule has 1 aliphatic rings. The van der Waals surface area contributed by atoms with Crippen molar-refractivity contribution in [1.82, 2.24) is 9.55 Å². The number of nitrogens with zero attached hydrogens (tertiary/aromatic N) is 4. The van der Waals surface area contributed by atoms with Gasteiger partial charge in [0, 0.05) is 27.1 Å². The van der Waals surface area contributed by atoms with Gasteiger partial charge in [-0.25, -0.2) is 0 Å². The molecule has 18 heavy (non-hydrogen) atoms. The van der Waals surface area contributed by atoms with Gasteiger partial charge in [0.2, 0.25) is 11.6 Å². The zero-order chi connectivity index (χ0) is 13.3. The Hall–Kier alpha value is -1.67. The van der Waals surface area contributed by atoms with E-state index in [-0.39, 0.29) is 18.5 Å². The van der Waals surface area contributed by atoms with Crippen LogP contribution >= 0.6 is 0 Å². The number of aliphatic hydroxyl groups is 1. The summed E-state index contributed by atoms with van der Waals surface area (Å²) in [6.07, 6.45) is -0.312. The number of morpholine rings is 1. The Kier molecular flexibility index (Phi) is 3.48. The van der Waals surface area contributed by atoms with E-state index in [1.54, 1.807) is 18.5 Å². The molecule has 1 aliphatic heterocycles. The molecule has 1 atom stereocenters. The van der Waals surface area contributed by atoms with Gasteiger partial charge >= 0.3 is 5.82 Å². The van der Waals surface area contributed by atoms with Gasteiger partial charge in [-0.3, -0.25) is 4.57 Å². The minimum atomic E-state index is -0.480. The Bertz CT molecular complexity index is 459. The Labute approximate surface area is 104 Å². The van der Waals surface area contributed by atoms with Crippen LogP contribution < -0.4 is 4.90 Å². The normalized spacial score (nSPS) is 20.2. The van der Waals surface area contributed by atoms with Gasteiger partial charge in [-0.2, -0.15) is 0 Å². The maximum Gasteiger partial charge on any atom is 0.406 e. The minimum absolute atomic E-state index is 0.0961. The number of ether oxygens (including phenoxy) is 1. The summed E-state index contributed by atoms with van der Waals surface area (Å²) in [6.45, 7) is 3.04. The third-order valence-electron chi connectivity index (χ3n) is 3.09. The quantitative estimate of drug-likeness (QED) is 0.596. The average molecular weight is 256 g/mol. The van der Waals surface area contributed by atoms with E-state index in [0.29, 0.717) is 31.3 Å². The minimum Gasteiger partial charge on any atom is -0.394 e. The van der Waals surface area contributed by atoms with Gasteiger partial charge < -0.3 is 24.9 Å². The number of hydrogen-bond donors (Lipinski definition) is 1. The highest BCUT2D eigenvalue weighted by atomic mass is 16.6. The van der Waals surface area contributed by atoms with Crippen LogP contribution in [0, 0.1) is 17.0 Å². The summed E-state index contributed by atoms with van der Waals surface area (Å²) in [4.78, 5) is 16.3. The van der Waals surface area contributed by atoms with Crippen LogP contribution in [0.25, 0.3) is 0 Å². The van der Waals surface area contributed by atoms with Crippen LogP contribution in [0.1, 0.15) is 5.82 Å². The molecule has 1 unspecified atom stereocenters. The second kappa shape index (κ2) is 4.91. The van der Waals surface area contributed by atoms with Crippen molar-refractivity contribution in [2.75, 3.05) is 31.2 Å². The molecule has 1 saturated heterocycles. The highest BCUT2D eigenvalue weighted by molar-refractivity contribution is 5.56. The largest absolute Gasteiger partial charge is 0.406 e. The summed E-state index contributed by atoms with van der Waals surface area (Å²) in [6, 6.07) is 0. The Morgan fingerprint density at radius 3 is 3.00 bits per heavy atom. The van der Waals surface area contributed by atoms with E-state index in [2.05, 4.69) is 4.98 Å². The molecular formula is C10H16N4O4. The fourth-order valence-corrected chi connectivity index (χ4v) is 2.08. The molecule has 0 bridgehead atoms. The Morgan fingerprint density at radius 2 is 2.39 bits per heavy atom. The van der Waals surface area contributed by atoms with Crippen LogP contribution in [-0.4, -0.2) is 52.0 Å². The number of aryl methyl sites for hydroxylation is 1. The molecule has 0 amide bonds. The summed E-state index contributed by atoms with van der Waals surface area (Å²) in [5, 5.41) is 20.1. The number of aliphatic hydroxyl groups excluding tert-OH is 1. The van der Waals surface area contributed by atoms with Gasteiger partial charge in [0.05, 0.1) is 19.3 Å². The first kappa shape index (κ1) is 12.8. The van der Waals surface area contributed by atoms with Gasteiger partial charge in [0.15, 0.2) is 0 Å². The highest BCUT2D eigenvalue weighted by Gasteiger charge is 2.31. The zero-order valence-corrected chi connectivity index (χ0v) is 10.4. The van der Waals surface area contributed by atoms with Crippen LogP contribution in [0.3, 0.4) is 0 Å². The SMILES string of the molecule is Cc1nc([N+](=O)[O-])c(N2CCOC(CO)C2)n1C. The van der Waals surface area contributed by atoms with Crippen molar-refractivity contribution in [1.29, 1.82) is 0 Å². The van der Waals surface area contributed by atoms with Crippen molar-refractivity contribution in [3.63, 3.8) is 0 Å². The van der Waals surface area contributed by atoms with Crippen LogP contribution in [0.4, 0.5) is 11.6 Å². The molecule has 0 aliphatic carbocycles. The molecule has 0 saturated carbocycles. The maximum atomic E-state index is 11.0. The molecule has 2 heterocycles. The fraction of sp³-hybridized carbons (Fsp3) is 0.700. The number of imidazole rings is 1. The molecule has 100 valence electrons.